The van der Waals surface area contributed by atoms with Crippen LogP contribution in [0.25, 0.3) is 0 Å². The summed E-state index contributed by atoms with van der Waals surface area (Å²) >= 11 is 0. The maximum Gasteiger partial charge on any atom is 0.00951 e. The molecule has 0 unspecified atom stereocenters. The molecule has 0 radical (unpaired) electrons. The van der Waals surface area contributed by atoms with Gasteiger partial charge in [0.2, 0.25) is 0 Å². The SMILES string of the molecule is CCN(CCCNC(C)C)C1CCCC1. The van der Waals surface area contributed by atoms with Crippen molar-refractivity contribution in [2.75, 3.05) is 19.6 Å². The highest BCUT2D eigenvalue weighted by Crippen LogP contribution is 2.23. The minimum Gasteiger partial charge on any atom is -0.314 e. The summed E-state index contributed by atoms with van der Waals surface area (Å²) < 4.78 is 0. The first-order chi connectivity index (χ1) is 7.24. The number of hydrogen-bond acceptors (Lipinski definition) is 2. The Balaban J connectivity index is 2.10. The largest absolute Gasteiger partial charge is 0.314 e. The van der Waals surface area contributed by atoms with Crippen molar-refractivity contribution in [3.63, 3.8) is 0 Å². The van der Waals surface area contributed by atoms with Crippen LogP contribution in [0.1, 0.15) is 52.9 Å². The van der Waals surface area contributed by atoms with Crippen LogP contribution >= 0.6 is 0 Å². The first kappa shape index (κ1) is 13.0. The molecule has 0 aliphatic heterocycles. The van der Waals surface area contributed by atoms with Gasteiger partial charge in [0.05, 0.1) is 0 Å². The fourth-order valence-electron chi connectivity index (χ4n) is 2.54. The van der Waals surface area contributed by atoms with Gasteiger partial charge >= 0.3 is 0 Å². The van der Waals surface area contributed by atoms with E-state index in [0.29, 0.717) is 6.04 Å². The Morgan fingerprint density at radius 2 is 1.93 bits per heavy atom. The summed E-state index contributed by atoms with van der Waals surface area (Å²) in [5.74, 6) is 0. The van der Waals surface area contributed by atoms with E-state index in [-0.39, 0.29) is 0 Å². The van der Waals surface area contributed by atoms with E-state index in [0.717, 1.165) is 6.04 Å². The highest BCUT2D eigenvalue weighted by Gasteiger charge is 2.20. The Hall–Kier alpha value is -0.0800. The lowest BCUT2D eigenvalue weighted by atomic mass is 10.2. The quantitative estimate of drug-likeness (QED) is 0.653. The molecular weight excluding hydrogens is 184 g/mol. The molecule has 0 saturated heterocycles. The average Bonchev–Trinajstić information content (AvgIpc) is 2.70. The molecule has 1 aliphatic carbocycles. The Labute approximate surface area is 95.4 Å². The van der Waals surface area contributed by atoms with Crippen LogP contribution in [0.5, 0.6) is 0 Å². The summed E-state index contributed by atoms with van der Waals surface area (Å²) in [5, 5.41) is 3.49. The third-order valence-electron chi connectivity index (χ3n) is 3.42. The Morgan fingerprint density at radius 1 is 1.27 bits per heavy atom. The average molecular weight is 212 g/mol. The number of nitrogens with one attached hydrogen (secondary N) is 1. The minimum absolute atomic E-state index is 0.631. The molecule has 0 atom stereocenters. The van der Waals surface area contributed by atoms with Gasteiger partial charge in [-0.25, -0.2) is 0 Å². The molecule has 0 spiro atoms. The number of nitrogens with zero attached hydrogens (tertiary/aromatic N) is 1. The first-order valence-electron chi connectivity index (χ1n) is 6.71. The first-order valence-corrected chi connectivity index (χ1v) is 6.71. The molecule has 0 aromatic heterocycles. The van der Waals surface area contributed by atoms with Crippen molar-refractivity contribution in [2.24, 2.45) is 0 Å². The molecule has 2 heteroatoms. The van der Waals surface area contributed by atoms with Gasteiger partial charge in [-0.2, -0.15) is 0 Å². The number of hydrogen-bond donors (Lipinski definition) is 1. The third-order valence-corrected chi connectivity index (χ3v) is 3.42. The number of rotatable bonds is 7. The van der Waals surface area contributed by atoms with Gasteiger partial charge in [-0.1, -0.05) is 33.6 Å². The predicted molar refractivity (Wildman–Crippen MR) is 67.3 cm³/mol. The van der Waals surface area contributed by atoms with Crippen LogP contribution in [0, 0.1) is 0 Å². The lowest BCUT2D eigenvalue weighted by molar-refractivity contribution is 0.205. The van der Waals surface area contributed by atoms with Crippen molar-refractivity contribution in [1.29, 1.82) is 0 Å². The van der Waals surface area contributed by atoms with Gasteiger partial charge < -0.3 is 10.2 Å². The summed E-state index contributed by atoms with van der Waals surface area (Å²) in [6.07, 6.45) is 7.07. The van der Waals surface area contributed by atoms with Crippen molar-refractivity contribution in [3.8, 4) is 0 Å². The van der Waals surface area contributed by atoms with Crippen LogP contribution in [0.4, 0.5) is 0 Å². The summed E-state index contributed by atoms with van der Waals surface area (Å²) in [6.45, 7) is 10.4. The van der Waals surface area contributed by atoms with Gasteiger partial charge in [-0.05, 0) is 38.9 Å². The van der Waals surface area contributed by atoms with Gasteiger partial charge in [-0.3, -0.25) is 0 Å². The molecule has 90 valence electrons. The molecule has 2 nitrogen and oxygen atoms in total. The van der Waals surface area contributed by atoms with E-state index < -0.39 is 0 Å². The highest BCUT2D eigenvalue weighted by molar-refractivity contribution is 4.76. The van der Waals surface area contributed by atoms with Crippen LogP contribution in [0.15, 0.2) is 0 Å². The molecule has 0 aromatic carbocycles. The van der Waals surface area contributed by atoms with Crippen LogP contribution in [0.2, 0.25) is 0 Å². The summed E-state index contributed by atoms with van der Waals surface area (Å²) in [5.41, 5.74) is 0. The van der Waals surface area contributed by atoms with Crippen molar-refractivity contribution in [1.82, 2.24) is 10.2 Å². The second kappa shape index (κ2) is 7.24. The molecule has 15 heavy (non-hydrogen) atoms. The highest BCUT2D eigenvalue weighted by atomic mass is 15.1. The molecular formula is C13H28N2. The normalized spacial score (nSPS) is 18.2. The van der Waals surface area contributed by atoms with Gasteiger partial charge in [0.15, 0.2) is 0 Å². The van der Waals surface area contributed by atoms with Gasteiger partial charge in [0, 0.05) is 12.1 Å². The molecule has 1 N–H and O–H groups in total. The van der Waals surface area contributed by atoms with Crippen molar-refractivity contribution in [3.05, 3.63) is 0 Å². The van der Waals surface area contributed by atoms with Crippen molar-refractivity contribution in [2.45, 2.75) is 65.0 Å². The molecule has 0 aromatic rings. The topological polar surface area (TPSA) is 15.3 Å². The molecule has 1 saturated carbocycles. The van der Waals surface area contributed by atoms with Gasteiger partial charge in [0.1, 0.15) is 0 Å². The smallest absolute Gasteiger partial charge is 0.00951 e. The van der Waals surface area contributed by atoms with Crippen molar-refractivity contribution < 1.29 is 0 Å². The Morgan fingerprint density at radius 3 is 2.47 bits per heavy atom. The maximum absolute atomic E-state index is 3.49. The fraction of sp³-hybridized carbons (Fsp3) is 1.00. The lowest BCUT2D eigenvalue weighted by Crippen LogP contribution is -2.35. The zero-order valence-corrected chi connectivity index (χ0v) is 10.8. The zero-order chi connectivity index (χ0) is 11.1. The minimum atomic E-state index is 0.631. The van der Waals surface area contributed by atoms with E-state index in [1.165, 1.54) is 51.7 Å². The second-order valence-corrected chi connectivity index (χ2v) is 5.03. The van der Waals surface area contributed by atoms with Gasteiger partial charge in [0.25, 0.3) is 0 Å². The van der Waals surface area contributed by atoms with E-state index in [4.69, 9.17) is 0 Å². The third kappa shape index (κ3) is 4.98. The van der Waals surface area contributed by atoms with E-state index in [2.05, 4.69) is 31.0 Å². The molecule has 1 rings (SSSR count). The summed E-state index contributed by atoms with van der Waals surface area (Å²) in [4.78, 5) is 2.68. The van der Waals surface area contributed by atoms with E-state index in [1.54, 1.807) is 0 Å². The monoisotopic (exact) mass is 212 g/mol. The Kier molecular flexibility index (Phi) is 6.26. The molecule has 1 fully saturated rings. The molecule has 0 heterocycles. The van der Waals surface area contributed by atoms with E-state index in [9.17, 15) is 0 Å². The Bertz CT molecular complexity index is 151. The zero-order valence-electron chi connectivity index (χ0n) is 10.8. The molecule has 0 bridgehead atoms. The van der Waals surface area contributed by atoms with Crippen LogP contribution in [0.3, 0.4) is 0 Å². The summed E-state index contributed by atoms with van der Waals surface area (Å²) in [6, 6.07) is 1.53. The predicted octanol–water partition coefficient (Wildman–Crippen LogP) is 2.64. The molecule has 1 aliphatic rings. The fourth-order valence-corrected chi connectivity index (χ4v) is 2.54. The van der Waals surface area contributed by atoms with Crippen LogP contribution in [-0.2, 0) is 0 Å². The lowest BCUT2D eigenvalue weighted by Gasteiger charge is -2.27. The summed E-state index contributed by atoms with van der Waals surface area (Å²) in [7, 11) is 0. The maximum atomic E-state index is 3.49. The standard InChI is InChI=1S/C13H28N2/c1-4-15(13-8-5-6-9-13)11-7-10-14-12(2)3/h12-14H,4-11H2,1-3H3. The van der Waals surface area contributed by atoms with E-state index in [1.807, 2.05) is 0 Å². The van der Waals surface area contributed by atoms with E-state index >= 15 is 0 Å². The van der Waals surface area contributed by atoms with Crippen LogP contribution in [-0.4, -0.2) is 36.6 Å². The molecule has 0 amide bonds. The van der Waals surface area contributed by atoms with Crippen molar-refractivity contribution >= 4 is 0 Å². The van der Waals surface area contributed by atoms with Crippen LogP contribution < -0.4 is 5.32 Å². The van der Waals surface area contributed by atoms with Gasteiger partial charge in [-0.15, -0.1) is 0 Å². The second-order valence-electron chi connectivity index (χ2n) is 5.03.